The van der Waals surface area contributed by atoms with Gasteiger partial charge in [0.2, 0.25) is 0 Å². The van der Waals surface area contributed by atoms with E-state index in [0.717, 1.165) is 11.3 Å². The van der Waals surface area contributed by atoms with E-state index in [2.05, 4.69) is 15.0 Å². The number of hydrogen-bond donors (Lipinski definition) is 1. The number of methoxy groups -OCH3 is 1. The highest BCUT2D eigenvalue weighted by Crippen LogP contribution is 2.15. The molecule has 132 valence electrons. The van der Waals surface area contributed by atoms with Crippen molar-refractivity contribution in [3.63, 3.8) is 0 Å². The van der Waals surface area contributed by atoms with Crippen LogP contribution in [0, 0.1) is 0 Å². The summed E-state index contributed by atoms with van der Waals surface area (Å²) >= 11 is 0. The van der Waals surface area contributed by atoms with Crippen molar-refractivity contribution in [2.45, 2.75) is 12.8 Å². The van der Waals surface area contributed by atoms with Crippen LogP contribution in [0.5, 0.6) is 0 Å². The van der Waals surface area contributed by atoms with Crippen molar-refractivity contribution >= 4 is 17.6 Å². The lowest BCUT2D eigenvalue weighted by atomic mass is 10.1. The van der Waals surface area contributed by atoms with Gasteiger partial charge < -0.3 is 14.6 Å². The van der Waals surface area contributed by atoms with Crippen LogP contribution >= 0.6 is 0 Å². The van der Waals surface area contributed by atoms with Crippen molar-refractivity contribution in [3.8, 4) is 5.69 Å². The molecule has 6 nitrogen and oxygen atoms in total. The van der Waals surface area contributed by atoms with Crippen LogP contribution in [0.3, 0.4) is 0 Å². The summed E-state index contributed by atoms with van der Waals surface area (Å²) in [7, 11) is 1.38. The van der Waals surface area contributed by atoms with Crippen LogP contribution in [-0.4, -0.2) is 28.5 Å². The summed E-state index contributed by atoms with van der Waals surface area (Å²) in [5.41, 5.74) is 3.14. The molecule has 3 rings (SSSR count). The molecule has 0 fully saturated rings. The van der Waals surface area contributed by atoms with E-state index in [4.69, 9.17) is 0 Å². The zero-order chi connectivity index (χ0) is 18.4. The van der Waals surface area contributed by atoms with Crippen LogP contribution in [-0.2, 0) is 16.0 Å². The molecular weight excluding hydrogens is 330 g/mol. The number of anilines is 1. The van der Waals surface area contributed by atoms with Crippen LogP contribution in [0.1, 0.15) is 22.3 Å². The Morgan fingerprint density at radius 2 is 1.96 bits per heavy atom. The van der Waals surface area contributed by atoms with Gasteiger partial charge in [-0.05, 0) is 42.3 Å². The molecule has 0 unspecified atom stereocenters. The Hall–Kier alpha value is -3.41. The van der Waals surface area contributed by atoms with E-state index in [1.54, 1.807) is 18.6 Å². The lowest BCUT2D eigenvalue weighted by molar-refractivity contribution is -0.140. The van der Waals surface area contributed by atoms with Crippen molar-refractivity contribution < 1.29 is 14.3 Å². The fourth-order valence-corrected chi connectivity index (χ4v) is 2.53. The number of hydrogen-bond acceptors (Lipinski definition) is 4. The molecule has 0 aliphatic rings. The number of rotatable bonds is 6. The summed E-state index contributed by atoms with van der Waals surface area (Å²) in [6, 6.07) is 14.7. The summed E-state index contributed by atoms with van der Waals surface area (Å²) in [4.78, 5) is 27.7. The number of carbonyl (C=O) groups is 2. The Morgan fingerprint density at radius 3 is 2.65 bits per heavy atom. The normalized spacial score (nSPS) is 10.3. The van der Waals surface area contributed by atoms with E-state index in [1.807, 2.05) is 53.2 Å². The summed E-state index contributed by atoms with van der Waals surface area (Å²) in [6.07, 6.45) is 6.14. The quantitative estimate of drug-likeness (QED) is 0.694. The molecule has 26 heavy (non-hydrogen) atoms. The summed E-state index contributed by atoms with van der Waals surface area (Å²) < 4.78 is 6.47. The second-order valence-corrected chi connectivity index (χ2v) is 5.75. The predicted octanol–water partition coefficient (Wildman–Crippen LogP) is 3.23. The number of esters is 1. The Morgan fingerprint density at radius 1 is 1.15 bits per heavy atom. The first-order valence-corrected chi connectivity index (χ1v) is 8.21. The Bertz CT molecular complexity index is 887. The van der Waals surface area contributed by atoms with Gasteiger partial charge in [-0.2, -0.15) is 0 Å². The van der Waals surface area contributed by atoms with E-state index >= 15 is 0 Å². The molecule has 0 saturated heterocycles. The topological polar surface area (TPSA) is 73.2 Å². The Balaban J connectivity index is 1.65. The van der Waals surface area contributed by atoms with E-state index < -0.39 is 0 Å². The highest BCUT2D eigenvalue weighted by molar-refractivity contribution is 6.04. The molecule has 0 saturated carbocycles. The van der Waals surface area contributed by atoms with Crippen molar-refractivity contribution in [1.82, 2.24) is 9.55 Å². The molecule has 0 aliphatic heterocycles. The minimum Gasteiger partial charge on any atom is -0.469 e. The van der Waals surface area contributed by atoms with Gasteiger partial charge in [0.15, 0.2) is 0 Å². The third-order valence-electron chi connectivity index (χ3n) is 3.97. The Kier molecular flexibility index (Phi) is 5.43. The first-order chi connectivity index (χ1) is 12.7. The molecule has 1 N–H and O–H groups in total. The Labute approximate surface area is 151 Å². The van der Waals surface area contributed by atoms with Gasteiger partial charge in [0.1, 0.15) is 0 Å². The summed E-state index contributed by atoms with van der Waals surface area (Å²) in [5.74, 6) is -0.422. The first-order valence-electron chi connectivity index (χ1n) is 8.21. The molecule has 1 heterocycles. The number of aromatic nitrogens is 2. The smallest absolute Gasteiger partial charge is 0.305 e. The van der Waals surface area contributed by atoms with Crippen molar-refractivity contribution in [1.29, 1.82) is 0 Å². The lowest BCUT2D eigenvalue weighted by Gasteiger charge is -2.08. The number of amides is 1. The molecule has 1 amide bonds. The van der Waals surface area contributed by atoms with Crippen LogP contribution in [0.15, 0.2) is 67.3 Å². The zero-order valence-corrected chi connectivity index (χ0v) is 14.4. The zero-order valence-electron chi connectivity index (χ0n) is 14.4. The van der Waals surface area contributed by atoms with Gasteiger partial charge in [-0.15, -0.1) is 0 Å². The predicted molar refractivity (Wildman–Crippen MR) is 98.3 cm³/mol. The fraction of sp³-hybridized carbons (Fsp3) is 0.150. The maximum Gasteiger partial charge on any atom is 0.305 e. The maximum atomic E-state index is 12.5. The molecule has 1 aromatic heterocycles. The molecule has 0 radical (unpaired) electrons. The van der Waals surface area contributed by atoms with Crippen LogP contribution in [0.4, 0.5) is 5.69 Å². The van der Waals surface area contributed by atoms with E-state index in [-0.39, 0.29) is 11.9 Å². The van der Waals surface area contributed by atoms with E-state index in [9.17, 15) is 9.59 Å². The number of benzene rings is 2. The number of aryl methyl sites for hydroxylation is 1. The van der Waals surface area contributed by atoms with Gasteiger partial charge in [-0.25, -0.2) is 4.98 Å². The SMILES string of the molecule is COC(=O)CCc1ccc(NC(=O)c2cccc(-n3ccnc3)c2)cc1. The minimum absolute atomic E-state index is 0.186. The maximum absolute atomic E-state index is 12.5. The summed E-state index contributed by atoms with van der Waals surface area (Å²) in [6.45, 7) is 0. The first kappa shape index (κ1) is 17.4. The molecule has 6 heteroatoms. The number of ether oxygens (including phenoxy) is 1. The lowest BCUT2D eigenvalue weighted by Crippen LogP contribution is -2.12. The molecule has 0 aliphatic carbocycles. The molecule has 0 spiro atoms. The second kappa shape index (κ2) is 8.11. The monoisotopic (exact) mass is 349 g/mol. The highest BCUT2D eigenvalue weighted by atomic mass is 16.5. The van der Waals surface area contributed by atoms with Gasteiger partial charge in [-0.3, -0.25) is 9.59 Å². The van der Waals surface area contributed by atoms with Crippen molar-refractivity contribution in [3.05, 3.63) is 78.4 Å². The average Bonchev–Trinajstić information content (AvgIpc) is 3.22. The molecule has 0 bridgehead atoms. The standard InChI is InChI=1S/C20H19N3O3/c1-26-19(24)10-7-15-5-8-17(9-6-15)22-20(25)16-3-2-4-18(13-16)23-12-11-21-14-23/h2-6,8-9,11-14H,7,10H2,1H3,(H,22,25). The van der Waals surface area contributed by atoms with Crippen LogP contribution in [0.25, 0.3) is 5.69 Å². The third kappa shape index (κ3) is 4.36. The van der Waals surface area contributed by atoms with Gasteiger partial charge >= 0.3 is 5.97 Å². The van der Waals surface area contributed by atoms with Crippen LogP contribution < -0.4 is 5.32 Å². The highest BCUT2D eigenvalue weighted by Gasteiger charge is 2.08. The van der Waals surface area contributed by atoms with E-state index in [1.165, 1.54) is 7.11 Å². The molecule has 0 atom stereocenters. The average molecular weight is 349 g/mol. The molecular formula is C20H19N3O3. The number of carbonyl (C=O) groups excluding carboxylic acids is 2. The van der Waals surface area contributed by atoms with Gasteiger partial charge in [0.25, 0.3) is 5.91 Å². The van der Waals surface area contributed by atoms with Gasteiger partial charge in [-0.1, -0.05) is 18.2 Å². The summed E-state index contributed by atoms with van der Waals surface area (Å²) in [5, 5.41) is 2.88. The molecule has 3 aromatic rings. The number of nitrogens with zero attached hydrogens (tertiary/aromatic N) is 2. The van der Waals surface area contributed by atoms with Crippen molar-refractivity contribution in [2.75, 3.05) is 12.4 Å². The fourth-order valence-electron chi connectivity index (χ4n) is 2.53. The minimum atomic E-state index is -0.236. The molecule has 2 aromatic carbocycles. The van der Waals surface area contributed by atoms with Gasteiger partial charge in [0.05, 0.1) is 13.4 Å². The van der Waals surface area contributed by atoms with E-state index in [0.29, 0.717) is 24.1 Å². The third-order valence-corrected chi connectivity index (χ3v) is 3.97. The number of nitrogens with one attached hydrogen (secondary N) is 1. The van der Waals surface area contributed by atoms with Crippen molar-refractivity contribution in [2.24, 2.45) is 0 Å². The number of imidazole rings is 1. The second-order valence-electron chi connectivity index (χ2n) is 5.75. The largest absolute Gasteiger partial charge is 0.469 e. The van der Waals surface area contributed by atoms with Gasteiger partial charge in [0, 0.05) is 35.8 Å². The van der Waals surface area contributed by atoms with Crippen LogP contribution in [0.2, 0.25) is 0 Å².